The molecular formula is C24H31N3O3. The number of aromatic nitrogens is 1. The lowest BCUT2D eigenvalue weighted by Gasteiger charge is -2.26. The zero-order chi connectivity index (χ0) is 21.7. The summed E-state index contributed by atoms with van der Waals surface area (Å²) in [6.45, 7) is 4.56. The molecule has 0 saturated heterocycles. The largest absolute Gasteiger partial charge is 0.374 e. The van der Waals surface area contributed by atoms with Gasteiger partial charge in [-0.25, -0.2) is 4.98 Å². The molecule has 1 heterocycles. The number of pyridine rings is 1. The standard InChI is InChI=1S/C24H31N3O3/c1-16-7-5-10-20(13-16)30-15-18-8-6-9-19(14-18)26-23(28)21-11-12-22(25-17(21)2)24(29)27(3)4/h6,8-9,11-12,14,16,20H,5,7,10,13,15H2,1-4H3,(H,26,28). The molecule has 1 N–H and O–H groups in total. The average Bonchev–Trinajstić information content (AvgIpc) is 2.71. The Morgan fingerprint density at radius 1 is 1.20 bits per heavy atom. The Morgan fingerprint density at radius 3 is 2.70 bits per heavy atom. The molecule has 1 fully saturated rings. The second-order valence-electron chi connectivity index (χ2n) is 8.39. The molecule has 2 amide bonds. The van der Waals surface area contributed by atoms with Gasteiger partial charge in [-0.05, 0) is 55.5 Å². The third-order valence-electron chi connectivity index (χ3n) is 5.51. The Labute approximate surface area is 178 Å². The van der Waals surface area contributed by atoms with E-state index in [0.717, 1.165) is 24.3 Å². The number of hydrogen-bond donors (Lipinski definition) is 1. The summed E-state index contributed by atoms with van der Waals surface area (Å²) in [6.07, 6.45) is 5.09. The lowest BCUT2D eigenvalue weighted by atomic mass is 9.89. The summed E-state index contributed by atoms with van der Waals surface area (Å²) in [5.41, 5.74) is 3.04. The normalized spacial score (nSPS) is 18.7. The third kappa shape index (κ3) is 5.66. The molecule has 2 unspecified atom stereocenters. The van der Waals surface area contributed by atoms with Crippen LogP contribution in [-0.2, 0) is 11.3 Å². The van der Waals surface area contributed by atoms with Crippen LogP contribution in [0.15, 0.2) is 36.4 Å². The van der Waals surface area contributed by atoms with E-state index in [1.54, 1.807) is 33.2 Å². The lowest BCUT2D eigenvalue weighted by molar-refractivity contribution is 0.00468. The molecule has 1 saturated carbocycles. The van der Waals surface area contributed by atoms with E-state index < -0.39 is 0 Å². The molecule has 160 valence electrons. The lowest BCUT2D eigenvalue weighted by Crippen LogP contribution is -2.24. The van der Waals surface area contributed by atoms with Crippen molar-refractivity contribution in [1.29, 1.82) is 0 Å². The maximum atomic E-state index is 12.7. The van der Waals surface area contributed by atoms with Crippen LogP contribution < -0.4 is 5.32 Å². The molecular weight excluding hydrogens is 378 g/mol. The summed E-state index contributed by atoms with van der Waals surface area (Å²) in [4.78, 5) is 30.5. The Balaban J connectivity index is 1.63. The van der Waals surface area contributed by atoms with Crippen LogP contribution in [0.2, 0.25) is 0 Å². The molecule has 0 bridgehead atoms. The highest BCUT2D eigenvalue weighted by atomic mass is 16.5. The van der Waals surface area contributed by atoms with Crippen molar-refractivity contribution >= 4 is 17.5 Å². The van der Waals surface area contributed by atoms with Gasteiger partial charge >= 0.3 is 0 Å². The fourth-order valence-electron chi connectivity index (χ4n) is 3.83. The number of carbonyl (C=O) groups is 2. The molecule has 3 rings (SSSR count). The van der Waals surface area contributed by atoms with Crippen LogP contribution in [0, 0.1) is 12.8 Å². The van der Waals surface area contributed by atoms with Gasteiger partial charge in [-0.15, -0.1) is 0 Å². The predicted octanol–water partition coefficient (Wildman–Crippen LogP) is 4.44. The topological polar surface area (TPSA) is 71.5 Å². The number of anilines is 1. The number of hydrogen-bond acceptors (Lipinski definition) is 4. The molecule has 2 atom stereocenters. The molecule has 30 heavy (non-hydrogen) atoms. The van der Waals surface area contributed by atoms with Crippen molar-refractivity contribution in [2.75, 3.05) is 19.4 Å². The van der Waals surface area contributed by atoms with Gasteiger partial charge in [0, 0.05) is 19.8 Å². The Bertz CT molecular complexity index is 910. The molecule has 6 heteroatoms. The number of benzene rings is 1. The van der Waals surface area contributed by atoms with E-state index in [1.165, 1.54) is 17.7 Å². The number of rotatable bonds is 6. The van der Waals surface area contributed by atoms with Gasteiger partial charge in [-0.2, -0.15) is 0 Å². The van der Waals surface area contributed by atoms with Crippen molar-refractivity contribution in [2.45, 2.75) is 52.2 Å². The highest BCUT2D eigenvalue weighted by Crippen LogP contribution is 2.26. The van der Waals surface area contributed by atoms with Crippen molar-refractivity contribution in [1.82, 2.24) is 9.88 Å². The van der Waals surface area contributed by atoms with Crippen LogP contribution >= 0.6 is 0 Å². The summed E-state index contributed by atoms with van der Waals surface area (Å²) < 4.78 is 6.10. The van der Waals surface area contributed by atoms with Gasteiger partial charge < -0.3 is 15.0 Å². The van der Waals surface area contributed by atoms with E-state index in [0.29, 0.717) is 35.3 Å². The fraction of sp³-hybridized carbons (Fsp3) is 0.458. The van der Waals surface area contributed by atoms with Gasteiger partial charge in [0.1, 0.15) is 5.69 Å². The van der Waals surface area contributed by atoms with Crippen molar-refractivity contribution in [3.05, 3.63) is 58.9 Å². The molecule has 0 radical (unpaired) electrons. The molecule has 1 aromatic carbocycles. The number of carbonyl (C=O) groups excluding carboxylic acids is 2. The molecule has 2 aromatic rings. The molecule has 0 spiro atoms. The Hall–Kier alpha value is -2.73. The van der Waals surface area contributed by atoms with Crippen molar-refractivity contribution in [2.24, 2.45) is 5.92 Å². The quantitative estimate of drug-likeness (QED) is 0.766. The molecule has 1 aliphatic carbocycles. The summed E-state index contributed by atoms with van der Waals surface area (Å²) in [7, 11) is 3.34. The van der Waals surface area contributed by atoms with Gasteiger partial charge in [0.25, 0.3) is 11.8 Å². The first-order chi connectivity index (χ1) is 14.3. The van der Waals surface area contributed by atoms with Crippen LogP contribution in [0.3, 0.4) is 0 Å². The van der Waals surface area contributed by atoms with Gasteiger partial charge in [0.05, 0.1) is 24.0 Å². The summed E-state index contributed by atoms with van der Waals surface area (Å²) >= 11 is 0. The number of aryl methyl sites for hydroxylation is 1. The Kier molecular flexibility index (Phi) is 7.21. The van der Waals surface area contributed by atoms with E-state index in [-0.39, 0.29) is 11.8 Å². The number of nitrogens with one attached hydrogen (secondary N) is 1. The van der Waals surface area contributed by atoms with Crippen LogP contribution in [-0.4, -0.2) is 41.9 Å². The summed E-state index contributed by atoms with van der Waals surface area (Å²) in [5, 5.41) is 2.93. The summed E-state index contributed by atoms with van der Waals surface area (Å²) in [5.74, 6) is 0.291. The number of amides is 2. The third-order valence-corrected chi connectivity index (χ3v) is 5.51. The van der Waals surface area contributed by atoms with Gasteiger partial charge in [-0.3, -0.25) is 9.59 Å². The maximum Gasteiger partial charge on any atom is 0.271 e. The van der Waals surface area contributed by atoms with E-state index in [1.807, 2.05) is 24.3 Å². The monoisotopic (exact) mass is 409 g/mol. The van der Waals surface area contributed by atoms with Crippen molar-refractivity contribution in [3.63, 3.8) is 0 Å². The maximum absolute atomic E-state index is 12.7. The van der Waals surface area contributed by atoms with Crippen LogP contribution in [0.4, 0.5) is 5.69 Å². The Morgan fingerprint density at radius 2 is 2.00 bits per heavy atom. The van der Waals surface area contributed by atoms with Crippen LogP contribution in [0.5, 0.6) is 0 Å². The highest BCUT2D eigenvalue weighted by molar-refractivity contribution is 6.05. The smallest absolute Gasteiger partial charge is 0.271 e. The molecule has 0 aliphatic heterocycles. The average molecular weight is 410 g/mol. The van der Waals surface area contributed by atoms with Gasteiger partial charge in [-0.1, -0.05) is 31.9 Å². The molecule has 6 nitrogen and oxygen atoms in total. The zero-order valence-corrected chi connectivity index (χ0v) is 18.3. The fourth-order valence-corrected chi connectivity index (χ4v) is 3.83. The van der Waals surface area contributed by atoms with E-state index in [9.17, 15) is 9.59 Å². The van der Waals surface area contributed by atoms with E-state index in [4.69, 9.17) is 4.74 Å². The first-order valence-corrected chi connectivity index (χ1v) is 10.5. The van der Waals surface area contributed by atoms with E-state index >= 15 is 0 Å². The van der Waals surface area contributed by atoms with Gasteiger partial charge in [0.15, 0.2) is 0 Å². The highest BCUT2D eigenvalue weighted by Gasteiger charge is 2.19. The zero-order valence-electron chi connectivity index (χ0n) is 18.3. The van der Waals surface area contributed by atoms with Gasteiger partial charge in [0.2, 0.25) is 0 Å². The SMILES string of the molecule is Cc1nc(C(=O)N(C)C)ccc1C(=O)Nc1cccc(COC2CCCC(C)C2)c1. The second kappa shape index (κ2) is 9.85. The minimum atomic E-state index is -0.247. The van der Waals surface area contributed by atoms with E-state index in [2.05, 4.69) is 17.2 Å². The minimum Gasteiger partial charge on any atom is -0.374 e. The molecule has 1 aromatic heterocycles. The van der Waals surface area contributed by atoms with Crippen LogP contribution in [0.1, 0.15) is 64.7 Å². The minimum absolute atomic E-state index is 0.190. The molecule has 1 aliphatic rings. The second-order valence-corrected chi connectivity index (χ2v) is 8.39. The van der Waals surface area contributed by atoms with Crippen LogP contribution in [0.25, 0.3) is 0 Å². The predicted molar refractivity (Wildman–Crippen MR) is 118 cm³/mol. The number of nitrogens with zero attached hydrogens (tertiary/aromatic N) is 2. The first kappa shape index (κ1) is 22.0. The van der Waals surface area contributed by atoms with Crippen molar-refractivity contribution in [3.8, 4) is 0 Å². The summed E-state index contributed by atoms with van der Waals surface area (Å²) in [6, 6.07) is 11.0. The number of ether oxygens (including phenoxy) is 1. The first-order valence-electron chi connectivity index (χ1n) is 10.5. The van der Waals surface area contributed by atoms with Crippen molar-refractivity contribution < 1.29 is 14.3 Å².